The molecular weight excluding hydrogens is 268 g/mol. The highest BCUT2D eigenvalue weighted by Gasteiger charge is 2.34. The molecule has 0 spiro atoms. The number of carbonyl (C=O) groups is 1. The molecular formula is C13H27ClN2O3. The summed E-state index contributed by atoms with van der Waals surface area (Å²) in [4.78, 5) is 11.8. The van der Waals surface area contributed by atoms with Crippen LogP contribution in [-0.4, -0.2) is 45.9 Å². The second-order valence-corrected chi connectivity index (χ2v) is 5.23. The molecule has 114 valence electrons. The van der Waals surface area contributed by atoms with Gasteiger partial charge in [0.05, 0.1) is 6.61 Å². The lowest BCUT2D eigenvalue weighted by Gasteiger charge is -2.29. The van der Waals surface area contributed by atoms with Gasteiger partial charge < -0.3 is 20.5 Å². The molecule has 0 bridgehead atoms. The van der Waals surface area contributed by atoms with Gasteiger partial charge in [-0.15, -0.1) is 12.4 Å². The number of carbonyl (C=O) groups excluding carboxylic acids is 1. The maximum Gasteiger partial charge on any atom is 0.239 e. The zero-order valence-corrected chi connectivity index (χ0v) is 12.8. The average Bonchev–Trinajstić information content (AvgIpc) is 2.83. The first kappa shape index (κ1) is 18.6. The van der Waals surface area contributed by atoms with Crippen molar-refractivity contribution in [3.05, 3.63) is 0 Å². The van der Waals surface area contributed by atoms with Crippen molar-refractivity contribution >= 4 is 18.3 Å². The SMILES string of the molecule is COCCC1(CNC(=O)C(N)COC)CCCC1.Cl. The fraction of sp³-hybridized carbons (Fsp3) is 0.923. The number of hydrogen-bond donors (Lipinski definition) is 2. The summed E-state index contributed by atoms with van der Waals surface area (Å²) < 4.78 is 10.0. The van der Waals surface area contributed by atoms with E-state index in [1.54, 1.807) is 14.2 Å². The average molecular weight is 295 g/mol. The molecule has 1 unspecified atom stereocenters. The van der Waals surface area contributed by atoms with E-state index in [9.17, 15) is 4.79 Å². The topological polar surface area (TPSA) is 73.6 Å². The van der Waals surface area contributed by atoms with E-state index in [2.05, 4.69) is 5.32 Å². The van der Waals surface area contributed by atoms with Crippen molar-refractivity contribution in [2.75, 3.05) is 34.0 Å². The Kier molecular flexibility index (Phi) is 9.35. The Balaban J connectivity index is 0.00000324. The minimum Gasteiger partial charge on any atom is -0.385 e. The van der Waals surface area contributed by atoms with Gasteiger partial charge in [-0.25, -0.2) is 0 Å². The third kappa shape index (κ3) is 6.08. The van der Waals surface area contributed by atoms with Crippen LogP contribution in [0.15, 0.2) is 0 Å². The van der Waals surface area contributed by atoms with Crippen LogP contribution in [0, 0.1) is 5.41 Å². The molecule has 6 heteroatoms. The van der Waals surface area contributed by atoms with Crippen molar-refractivity contribution in [2.45, 2.75) is 38.1 Å². The zero-order valence-electron chi connectivity index (χ0n) is 11.9. The van der Waals surface area contributed by atoms with Crippen LogP contribution in [0.5, 0.6) is 0 Å². The Hall–Kier alpha value is -0.360. The molecule has 0 radical (unpaired) electrons. The number of nitrogens with two attached hydrogens (primary N) is 1. The maximum absolute atomic E-state index is 11.8. The number of rotatable bonds is 8. The van der Waals surface area contributed by atoms with Crippen LogP contribution in [0.2, 0.25) is 0 Å². The molecule has 1 fully saturated rings. The summed E-state index contributed by atoms with van der Waals surface area (Å²) in [6.07, 6.45) is 5.81. The molecule has 1 aliphatic rings. The number of halogens is 1. The predicted molar refractivity (Wildman–Crippen MR) is 77.5 cm³/mol. The summed E-state index contributed by atoms with van der Waals surface area (Å²) in [5.41, 5.74) is 5.90. The second-order valence-electron chi connectivity index (χ2n) is 5.23. The normalized spacial score (nSPS) is 18.7. The maximum atomic E-state index is 11.8. The predicted octanol–water partition coefficient (Wildman–Crippen LogP) is 1.09. The van der Waals surface area contributed by atoms with Gasteiger partial charge in [-0.05, 0) is 24.7 Å². The molecule has 5 nitrogen and oxygen atoms in total. The highest BCUT2D eigenvalue weighted by atomic mass is 35.5. The summed E-state index contributed by atoms with van der Waals surface area (Å²) in [6, 6.07) is -0.573. The fourth-order valence-corrected chi connectivity index (χ4v) is 2.62. The van der Waals surface area contributed by atoms with E-state index in [4.69, 9.17) is 15.2 Å². The van der Waals surface area contributed by atoms with Crippen LogP contribution in [0.3, 0.4) is 0 Å². The first-order chi connectivity index (χ1) is 8.63. The van der Waals surface area contributed by atoms with Crippen LogP contribution < -0.4 is 11.1 Å². The lowest BCUT2D eigenvalue weighted by atomic mass is 9.83. The molecule has 3 N–H and O–H groups in total. The summed E-state index contributed by atoms with van der Waals surface area (Å²) in [5.74, 6) is -0.124. The summed E-state index contributed by atoms with van der Waals surface area (Å²) >= 11 is 0. The fourth-order valence-electron chi connectivity index (χ4n) is 2.62. The molecule has 0 aliphatic heterocycles. The molecule has 1 amide bonds. The van der Waals surface area contributed by atoms with Crippen LogP contribution in [0.25, 0.3) is 0 Å². The van der Waals surface area contributed by atoms with Gasteiger partial charge in [0.2, 0.25) is 5.91 Å². The number of ether oxygens (including phenoxy) is 2. The summed E-state index contributed by atoms with van der Waals surface area (Å²) in [5, 5.41) is 2.96. The molecule has 0 saturated heterocycles. The standard InChI is InChI=1S/C13H26N2O3.ClH/c1-17-8-7-13(5-3-4-6-13)10-15-12(16)11(14)9-18-2;/h11H,3-10,14H2,1-2H3,(H,15,16);1H. The molecule has 0 aromatic carbocycles. The Bertz CT molecular complexity index is 258. The lowest BCUT2D eigenvalue weighted by Crippen LogP contribution is -2.47. The lowest BCUT2D eigenvalue weighted by molar-refractivity contribution is -0.124. The summed E-state index contributed by atoms with van der Waals surface area (Å²) in [6.45, 7) is 1.71. The molecule has 1 saturated carbocycles. The highest BCUT2D eigenvalue weighted by Crippen LogP contribution is 2.40. The van der Waals surface area contributed by atoms with Crippen LogP contribution in [0.4, 0.5) is 0 Å². The van der Waals surface area contributed by atoms with Crippen LogP contribution in [-0.2, 0) is 14.3 Å². The molecule has 1 rings (SSSR count). The van der Waals surface area contributed by atoms with Crippen molar-refractivity contribution in [2.24, 2.45) is 11.1 Å². The van der Waals surface area contributed by atoms with Gasteiger partial charge in [-0.2, -0.15) is 0 Å². The van der Waals surface area contributed by atoms with Gasteiger partial charge in [-0.1, -0.05) is 12.8 Å². The Morgan fingerprint density at radius 3 is 2.47 bits per heavy atom. The first-order valence-electron chi connectivity index (χ1n) is 6.65. The van der Waals surface area contributed by atoms with Crippen molar-refractivity contribution in [3.8, 4) is 0 Å². The molecule has 0 heterocycles. The van der Waals surface area contributed by atoms with E-state index in [1.165, 1.54) is 12.8 Å². The van der Waals surface area contributed by atoms with E-state index in [0.29, 0.717) is 6.54 Å². The van der Waals surface area contributed by atoms with Crippen molar-refractivity contribution < 1.29 is 14.3 Å². The van der Waals surface area contributed by atoms with Gasteiger partial charge in [0, 0.05) is 27.4 Å². The van der Waals surface area contributed by atoms with Gasteiger partial charge in [0.1, 0.15) is 6.04 Å². The van der Waals surface area contributed by atoms with Crippen LogP contribution in [0.1, 0.15) is 32.1 Å². The monoisotopic (exact) mass is 294 g/mol. The minimum absolute atomic E-state index is 0. The van der Waals surface area contributed by atoms with Crippen LogP contribution >= 0.6 is 12.4 Å². The number of amides is 1. The minimum atomic E-state index is -0.573. The largest absolute Gasteiger partial charge is 0.385 e. The first-order valence-corrected chi connectivity index (χ1v) is 6.65. The van der Waals surface area contributed by atoms with E-state index >= 15 is 0 Å². The Labute approximate surface area is 122 Å². The Morgan fingerprint density at radius 2 is 1.95 bits per heavy atom. The quantitative estimate of drug-likeness (QED) is 0.703. The molecule has 0 aromatic rings. The second kappa shape index (κ2) is 9.53. The number of hydrogen-bond acceptors (Lipinski definition) is 4. The van der Waals surface area contributed by atoms with Gasteiger partial charge in [0.15, 0.2) is 0 Å². The van der Waals surface area contributed by atoms with E-state index < -0.39 is 6.04 Å². The van der Waals surface area contributed by atoms with Crippen molar-refractivity contribution in [1.82, 2.24) is 5.32 Å². The number of methoxy groups -OCH3 is 2. The van der Waals surface area contributed by atoms with E-state index in [1.807, 2.05) is 0 Å². The highest BCUT2D eigenvalue weighted by molar-refractivity contribution is 5.85. The van der Waals surface area contributed by atoms with Gasteiger partial charge in [0.25, 0.3) is 0 Å². The zero-order chi connectivity index (χ0) is 13.4. The summed E-state index contributed by atoms with van der Waals surface area (Å²) in [7, 11) is 3.26. The van der Waals surface area contributed by atoms with Crippen molar-refractivity contribution in [3.63, 3.8) is 0 Å². The smallest absolute Gasteiger partial charge is 0.239 e. The third-order valence-corrected chi connectivity index (χ3v) is 3.82. The van der Waals surface area contributed by atoms with E-state index in [0.717, 1.165) is 25.9 Å². The Morgan fingerprint density at radius 1 is 1.32 bits per heavy atom. The van der Waals surface area contributed by atoms with Crippen molar-refractivity contribution in [1.29, 1.82) is 0 Å². The van der Waals surface area contributed by atoms with Gasteiger partial charge >= 0.3 is 0 Å². The third-order valence-electron chi connectivity index (χ3n) is 3.82. The molecule has 19 heavy (non-hydrogen) atoms. The number of nitrogens with one attached hydrogen (secondary N) is 1. The van der Waals surface area contributed by atoms with E-state index in [-0.39, 0.29) is 30.3 Å². The van der Waals surface area contributed by atoms with Gasteiger partial charge in [-0.3, -0.25) is 4.79 Å². The molecule has 1 aliphatic carbocycles. The molecule has 1 atom stereocenters. The molecule has 0 aromatic heterocycles.